The summed E-state index contributed by atoms with van der Waals surface area (Å²) < 4.78 is 29.2. The van der Waals surface area contributed by atoms with Gasteiger partial charge in [0.2, 0.25) is 0 Å². The topological polar surface area (TPSA) is 55.4 Å². The van der Waals surface area contributed by atoms with E-state index >= 15 is 0 Å². The molecule has 0 heterocycles. The summed E-state index contributed by atoms with van der Waals surface area (Å²) in [5.74, 6) is 1.10. The average molecular weight is 299 g/mol. The molecule has 1 atom stereocenters. The van der Waals surface area contributed by atoms with E-state index in [2.05, 4.69) is 5.32 Å². The molecule has 1 N–H and O–H groups in total. The molecule has 1 aromatic carbocycles. The minimum atomic E-state index is -3.01. The summed E-state index contributed by atoms with van der Waals surface area (Å²) >= 11 is 0. The van der Waals surface area contributed by atoms with E-state index in [4.69, 9.17) is 4.74 Å². The Labute approximate surface area is 122 Å². The van der Waals surface area contributed by atoms with Crippen LogP contribution in [0.2, 0.25) is 0 Å². The molecule has 0 aliphatic rings. The number of ether oxygens (including phenoxy) is 1. The van der Waals surface area contributed by atoms with Crippen LogP contribution in [0, 0.1) is 0 Å². The van der Waals surface area contributed by atoms with Crippen LogP contribution in [0.1, 0.15) is 39.3 Å². The highest BCUT2D eigenvalue weighted by atomic mass is 32.2. The molecule has 0 bridgehead atoms. The van der Waals surface area contributed by atoms with Crippen molar-refractivity contribution >= 4 is 9.84 Å². The van der Waals surface area contributed by atoms with E-state index in [1.807, 2.05) is 45.0 Å². The molecule has 0 radical (unpaired) electrons. The number of hydrogen-bond donors (Lipinski definition) is 1. The monoisotopic (exact) mass is 299 g/mol. The van der Waals surface area contributed by atoms with Crippen molar-refractivity contribution in [3.05, 3.63) is 29.8 Å². The van der Waals surface area contributed by atoms with Gasteiger partial charge in [0.05, 0.1) is 11.9 Å². The summed E-state index contributed by atoms with van der Waals surface area (Å²) in [6, 6.07) is 7.46. The van der Waals surface area contributed by atoms with E-state index in [-0.39, 0.29) is 23.7 Å². The molecular weight excluding hydrogens is 274 g/mol. The second kappa shape index (κ2) is 7.64. The van der Waals surface area contributed by atoms with Gasteiger partial charge < -0.3 is 10.1 Å². The van der Waals surface area contributed by atoms with Crippen LogP contribution in [-0.2, 0) is 9.84 Å². The van der Waals surface area contributed by atoms with Crippen LogP contribution in [0.15, 0.2) is 24.3 Å². The number of benzene rings is 1. The third kappa shape index (κ3) is 5.51. The van der Waals surface area contributed by atoms with Crippen molar-refractivity contribution < 1.29 is 13.2 Å². The molecule has 0 fully saturated rings. The van der Waals surface area contributed by atoms with E-state index in [1.165, 1.54) is 0 Å². The minimum absolute atomic E-state index is 0.127. The minimum Gasteiger partial charge on any atom is -0.491 e. The lowest BCUT2D eigenvalue weighted by atomic mass is 10.1. The molecule has 0 saturated heterocycles. The maximum atomic E-state index is 11.8. The number of rotatable bonds is 8. The molecule has 0 saturated carbocycles. The Morgan fingerprint density at radius 1 is 1.15 bits per heavy atom. The van der Waals surface area contributed by atoms with Gasteiger partial charge in [-0.1, -0.05) is 26.0 Å². The van der Waals surface area contributed by atoms with Gasteiger partial charge in [0.25, 0.3) is 0 Å². The summed E-state index contributed by atoms with van der Waals surface area (Å²) in [7, 11) is -3.01. The zero-order valence-electron chi connectivity index (χ0n) is 12.7. The fourth-order valence-electron chi connectivity index (χ4n) is 1.94. The van der Waals surface area contributed by atoms with Crippen LogP contribution in [0.25, 0.3) is 0 Å². The zero-order valence-corrected chi connectivity index (χ0v) is 13.5. The number of sulfone groups is 1. The van der Waals surface area contributed by atoms with E-state index < -0.39 is 9.84 Å². The maximum Gasteiger partial charge on any atom is 0.151 e. The standard InChI is InChI=1S/C15H25NO3S/c1-5-16-15(11-20(17,18)6-2)13-7-9-14(10-8-13)19-12(3)4/h7-10,12,15-16H,5-6,11H2,1-4H3. The summed E-state index contributed by atoms with van der Waals surface area (Å²) in [6.07, 6.45) is 0.130. The van der Waals surface area contributed by atoms with Gasteiger partial charge in [-0.25, -0.2) is 8.42 Å². The van der Waals surface area contributed by atoms with Crippen LogP contribution >= 0.6 is 0 Å². The highest BCUT2D eigenvalue weighted by molar-refractivity contribution is 7.91. The second-order valence-electron chi connectivity index (χ2n) is 5.04. The molecule has 5 heteroatoms. The van der Waals surface area contributed by atoms with Gasteiger partial charge in [-0.15, -0.1) is 0 Å². The Bertz CT molecular complexity index is 494. The van der Waals surface area contributed by atoms with Crippen LogP contribution in [0.4, 0.5) is 0 Å². The molecule has 0 spiro atoms. The first-order valence-electron chi connectivity index (χ1n) is 7.08. The smallest absolute Gasteiger partial charge is 0.151 e. The summed E-state index contributed by atoms with van der Waals surface area (Å²) in [6.45, 7) is 8.33. The Morgan fingerprint density at radius 2 is 1.75 bits per heavy atom. The van der Waals surface area contributed by atoms with Gasteiger partial charge in [-0.3, -0.25) is 0 Å². The molecule has 1 unspecified atom stereocenters. The van der Waals surface area contributed by atoms with Gasteiger partial charge in [0.15, 0.2) is 9.84 Å². The highest BCUT2D eigenvalue weighted by Crippen LogP contribution is 2.20. The first kappa shape index (κ1) is 17.0. The second-order valence-corrected chi connectivity index (χ2v) is 7.44. The van der Waals surface area contributed by atoms with E-state index in [0.717, 1.165) is 17.9 Å². The molecule has 0 aliphatic heterocycles. The van der Waals surface area contributed by atoms with E-state index in [0.29, 0.717) is 0 Å². The van der Waals surface area contributed by atoms with Crippen molar-refractivity contribution in [2.24, 2.45) is 0 Å². The fourth-order valence-corrected chi connectivity index (χ4v) is 3.00. The predicted molar refractivity (Wildman–Crippen MR) is 83.0 cm³/mol. The van der Waals surface area contributed by atoms with Crippen LogP contribution in [-0.4, -0.2) is 32.6 Å². The molecule has 114 valence electrons. The summed E-state index contributed by atoms with van der Waals surface area (Å²) in [5, 5.41) is 3.23. The van der Waals surface area contributed by atoms with E-state index in [9.17, 15) is 8.42 Å². The Balaban J connectivity index is 2.86. The van der Waals surface area contributed by atoms with Gasteiger partial charge in [0, 0.05) is 11.8 Å². The van der Waals surface area contributed by atoms with Crippen molar-refractivity contribution in [1.82, 2.24) is 5.32 Å². The van der Waals surface area contributed by atoms with Crippen molar-refractivity contribution in [2.45, 2.75) is 39.8 Å². The lowest BCUT2D eigenvalue weighted by Crippen LogP contribution is -2.28. The molecule has 0 aliphatic carbocycles. The average Bonchev–Trinajstić information content (AvgIpc) is 2.38. The molecule has 1 rings (SSSR count). The van der Waals surface area contributed by atoms with Crippen LogP contribution in [0.3, 0.4) is 0 Å². The molecular formula is C15H25NO3S. The molecule has 0 aromatic heterocycles. The third-order valence-corrected chi connectivity index (χ3v) is 4.69. The van der Waals surface area contributed by atoms with Crippen molar-refractivity contribution in [1.29, 1.82) is 0 Å². The number of nitrogens with one attached hydrogen (secondary N) is 1. The van der Waals surface area contributed by atoms with Crippen molar-refractivity contribution in [2.75, 3.05) is 18.1 Å². The highest BCUT2D eigenvalue weighted by Gasteiger charge is 2.18. The summed E-state index contributed by atoms with van der Waals surface area (Å²) in [5.41, 5.74) is 0.972. The Morgan fingerprint density at radius 3 is 2.20 bits per heavy atom. The largest absolute Gasteiger partial charge is 0.491 e. The normalized spacial score (nSPS) is 13.4. The zero-order chi connectivity index (χ0) is 15.2. The first-order valence-corrected chi connectivity index (χ1v) is 8.90. The third-order valence-electron chi connectivity index (χ3n) is 2.97. The van der Waals surface area contributed by atoms with Gasteiger partial charge in [-0.2, -0.15) is 0 Å². The van der Waals surface area contributed by atoms with E-state index in [1.54, 1.807) is 6.92 Å². The maximum absolute atomic E-state index is 11.8. The van der Waals surface area contributed by atoms with Crippen molar-refractivity contribution in [3.8, 4) is 5.75 Å². The molecule has 0 amide bonds. The quantitative estimate of drug-likeness (QED) is 0.801. The summed E-state index contributed by atoms with van der Waals surface area (Å²) in [4.78, 5) is 0. The lowest BCUT2D eigenvalue weighted by molar-refractivity contribution is 0.242. The van der Waals surface area contributed by atoms with Crippen LogP contribution in [0.5, 0.6) is 5.75 Å². The molecule has 20 heavy (non-hydrogen) atoms. The van der Waals surface area contributed by atoms with Gasteiger partial charge in [-0.05, 0) is 38.1 Å². The Kier molecular flexibility index (Phi) is 6.49. The van der Waals surface area contributed by atoms with Crippen molar-refractivity contribution in [3.63, 3.8) is 0 Å². The molecule has 1 aromatic rings. The SMILES string of the molecule is CCNC(CS(=O)(=O)CC)c1ccc(OC(C)C)cc1. The Hall–Kier alpha value is -1.07. The van der Waals surface area contributed by atoms with Gasteiger partial charge >= 0.3 is 0 Å². The fraction of sp³-hybridized carbons (Fsp3) is 0.600. The lowest BCUT2D eigenvalue weighted by Gasteiger charge is -2.19. The predicted octanol–water partition coefficient (Wildman–Crippen LogP) is 2.56. The molecule has 4 nitrogen and oxygen atoms in total. The first-order chi connectivity index (χ1) is 9.38. The van der Waals surface area contributed by atoms with Gasteiger partial charge in [0.1, 0.15) is 5.75 Å². The number of hydrogen-bond acceptors (Lipinski definition) is 4. The van der Waals surface area contributed by atoms with Crippen LogP contribution < -0.4 is 10.1 Å².